The first-order chi connectivity index (χ1) is 15.8. The summed E-state index contributed by atoms with van der Waals surface area (Å²) in [5, 5.41) is 2.66. The summed E-state index contributed by atoms with van der Waals surface area (Å²) in [4.78, 5) is 27.3. The van der Waals surface area contributed by atoms with Crippen LogP contribution in [0.3, 0.4) is 0 Å². The highest BCUT2D eigenvalue weighted by Crippen LogP contribution is 2.29. The Morgan fingerprint density at radius 3 is 2.39 bits per heavy atom. The summed E-state index contributed by atoms with van der Waals surface area (Å²) in [6.07, 6.45) is 1.54. The lowest BCUT2D eigenvalue weighted by atomic mass is 10.1. The number of aryl methyl sites for hydroxylation is 2. The number of hydrogen-bond donors (Lipinski definition) is 1. The van der Waals surface area contributed by atoms with Crippen molar-refractivity contribution in [2.45, 2.75) is 20.5 Å². The van der Waals surface area contributed by atoms with Gasteiger partial charge in [0.05, 0.1) is 5.69 Å². The first-order valence-corrected chi connectivity index (χ1v) is 11.5. The van der Waals surface area contributed by atoms with Crippen molar-refractivity contribution >= 4 is 56.8 Å². The topological polar surface area (TPSA) is 58.6 Å². The third-order valence-corrected chi connectivity index (χ3v) is 5.84. The van der Waals surface area contributed by atoms with E-state index in [9.17, 15) is 9.59 Å². The maximum Gasteiger partial charge on any atom is 0.270 e. The largest absolute Gasteiger partial charge is 0.488 e. The van der Waals surface area contributed by atoms with Crippen molar-refractivity contribution in [1.82, 2.24) is 5.32 Å². The molecular weight excluding hydrogens is 500 g/mol. The van der Waals surface area contributed by atoms with E-state index in [1.807, 2.05) is 38.1 Å². The number of anilines is 1. The molecule has 166 valence electrons. The quantitative estimate of drug-likeness (QED) is 0.275. The van der Waals surface area contributed by atoms with Gasteiger partial charge in [0.15, 0.2) is 5.11 Å². The van der Waals surface area contributed by atoms with Gasteiger partial charge in [-0.15, -0.1) is 0 Å². The van der Waals surface area contributed by atoms with Gasteiger partial charge in [-0.05, 0) is 68.0 Å². The van der Waals surface area contributed by atoms with Crippen LogP contribution in [0, 0.1) is 13.8 Å². The third-order valence-electron chi connectivity index (χ3n) is 5.06. The monoisotopic (exact) mass is 520 g/mol. The van der Waals surface area contributed by atoms with E-state index in [2.05, 4.69) is 39.4 Å². The standard InChI is InChI=1S/C26H21BrN2O3S/c1-16-10-17(2)12-18(11-16)15-32-23-9-8-20(27)13-19(23)14-22-24(30)28-26(33)29(25(22)31)21-6-4-3-5-7-21/h3-14H,15H2,1-2H3,(H,28,30,33)/b22-14-. The van der Waals surface area contributed by atoms with E-state index in [0.717, 1.165) is 21.2 Å². The summed E-state index contributed by atoms with van der Waals surface area (Å²) in [7, 11) is 0. The second-order valence-corrected chi connectivity index (χ2v) is 9.06. The molecule has 1 saturated heterocycles. The molecular formula is C26H21BrN2O3S. The van der Waals surface area contributed by atoms with E-state index >= 15 is 0 Å². The normalized spacial score (nSPS) is 15.1. The van der Waals surface area contributed by atoms with Crippen LogP contribution in [0.4, 0.5) is 5.69 Å². The lowest BCUT2D eigenvalue weighted by Crippen LogP contribution is -2.54. The smallest absolute Gasteiger partial charge is 0.270 e. The van der Waals surface area contributed by atoms with E-state index in [1.165, 1.54) is 11.0 Å². The van der Waals surface area contributed by atoms with Crippen LogP contribution >= 0.6 is 28.1 Å². The summed E-state index contributed by atoms with van der Waals surface area (Å²) in [6.45, 7) is 4.45. The highest BCUT2D eigenvalue weighted by molar-refractivity contribution is 9.10. The highest BCUT2D eigenvalue weighted by Gasteiger charge is 2.34. The number of amides is 2. The molecule has 5 nitrogen and oxygen atoms in total. The molecule has 2 amide bonds. The van der Waals surface area contributed by atoms with Crippen LogP contribution in [-0.4, -0.2) is 16.9 Å². The Hall–Kier alpha value is -3.29. The molecule has 1 aliphatic rings. The van der Waals surface area contributed by atoms with Gasteiger partial charge in [0.1, 0.15) is 17.9 Å². The molecule has 0 radical (unpaired) electrons. The summed E-state index contributed by atoms with van der Waals surface area (Å²) < 4.78 is 6.88. The minimum atomic E-state index is -0.544. The fourth-order valence-electron chi connectivity index (χ4n) is 3.70. The summed E-state index contributed by atoms with van der Waals surface area (Å²) >= 11 is 8.72. The van der Waals surface area contributed by atoms with E-state index < -0.39 is 11.8 Å². The van der Waals surface area contributed by atoms with Gasteiger partial charge in [-0.3, -0.25) is 19.8 Å². The van der Waals surface area contributed by atoms with Crippen LogP contribution in [0.2, 0.25) is 0 Å². The van der Waals surface area contributed by atoms with Gasteiger partial charge in [0.25, 0.3) is 11.8 Å². The van der Waals surface area contributed by atoms with Crippen molar-refractivity contribution in [1.29, 1.82) is 0 Å². The number of para-hydroxylation sites is 1. The number of thiocarbonyl (C=S) groups is 1. The van der Waals surface area contributed by atoms with Gasteiger partial charge in [0.2, 0.25) is 0 Å². The molecule has 3 aromatic carbocycles. The average Bonchev–Trinajstić information content (AvgIpc) is 2.76. The van der Waals surface area contributed by atoms with Gasteiger partial charge < -0.3 is 4.74 Å². The highest BCUT2D eigenvalue weighted by atomic mass is 79.9. The molecule has 0 saturated carbocycles. The second-order valence-electron chi connectivity index (χ2n) is 7.76. The van der Waals surface area contributed by atoms with Crippen molar-refractivity contribution in [3.8, 4) is 5.75 Å². The van der Waals surface area contributed by atoms with Crippen molar-refractivity contribution in [3.63, 3.8) is 0 Å². The summed E-state index contributed by atoms with van der Waals surface area (Å²) in [5.41, 5.74) is 4.52. The van der Waals surface area contributed by atoms with Crippen molar-refractivity contribution in [2.24, 2.45) is 0 Å². The number of carbonyl (C=O) groups is 2. The number of benzene rings is 3. The fourth-order valence-corrected chi connectivity index (χ4v) is 4.36. The predicted octanol–water partition coefficient (Wildman–Crippen LogP) is 5.48. The number of nitrogens with one attached hydrogen (secondary N) is 1. The summed E-state index contributed by atoms with van der Waals surface area (Å²) in [6, 6.07) is 20.7. The molecule has 0 unspecified atom stereocenters. The predicted molar refractivity (Wildman–Crippen MR) is 137 cm³/mol. The SMILES string of the molecule is Cc1cc(C)cc(COc2ccc(Br)cc2/C=C2/C(=O)NC(=S)N(c3ccccc3)C2=O)c1. The first-order valence-electron chi connectivity index (χ1n) is 10.3. The number of halogens is 1. The number of nitrogens with zero attached hydrogens (tertiary/aromatic N) is 1. The average molecular weight is 521 g/mol. The van der Waals surface area contributed by atoms with Gasteiger partial charge >= 0.3 is 0 Å². The molecule has 33 heavy (non-hydrogen) atoms. The Labute approximate surface area is 206 Å². The molecule has 4 rings (SSSR count). The van der Waals surface area contributed by atoms with Gasteiger partial charge in [0, 0.05) is 10.0 Å². The minimum Gasteiger partial charge on any atom is -0.488 e. The number of rotatable bonds is 5. The van der Waals surface area contributed by atoms with Crippen molar-refractivity contribution < 1.29 is 14.3 Å². The van der Waals surface area contributed by atoms with Crippen LogP contribution < -0.4 is 15.0 Å². The molecule has 0 atom stereocenters. The third kappa shape index (κ3) is 5.21. The van der Waals surface area contributed by atoms with Crippen LogP contribution in [0.5, 0.6) is 5.75 Å². The van der Waals surface area contributed by atoms with Crippen LogP contribution in [0.1, 0.15) is 22.3 Å². The lowest BCUT2D eigenvalue weighted by molar-refractivity contribution is -0.122. The Morgan fingerprint density at radius 2 is 1.70 bits per heavy atom. The molecule has 0 aliphatic carbocycles. The Bertz CT molecular complexity index is 1270. The molecule has 1 N–H and O–H groups in total. The molecule has 1 aliphatic heterocycles. The fraction of sp³-hybridized carbons (Fsp3) is 0.115. The van der Waals surface area contributed by atoms with Crippen LogP contribution in [0.25, 0.3) is 6.08 Å². The first kappa shape index (κ1) is 22.9. The van der Waals surface area contributed by atoms with Crippen molar-refractivity contribution in [3.05, 3.63) is 99.0 Å². The van der Waals surface area contributed by atoms with E-state index in [4.69, 9.17) is 17.0 Å². The zero-order valence-corrected chi connectivity index (χ0v) is 20.5. The molecule has 3 aromatic rings. The number of carbonyl (C=O) groups excluding carboxylic acids is 2. The Balaban J connectivity index is 1.67. The van der Waals surface area contributed by atoms with Crippen molar-refractivity contribution in [2.75, 3.05) is 4.90 Å². The molecule has 1 fully saturated rings. The Kier molecular flexibility index (Phi) is 6.72. The molecule has 0 aromatic heterocycles. The van der Waals surface area contributed by atoms with E-state index in [0.29, 0.717) is 23.6 Å². The Morgan fingerprint density at radius 1 is 1.00 bits per heavy atom. The van der Waals surface area contributed by atoms with Gasteiger partial charge in [-0.25, -0.2) is 0 Å². The summed E-state index contributed by atoms with van der Waals surface area (Å²) in [5.74, 6) is -0.475. The maximum absolute atomic E-state index is 13.3. The van der Waals surface area contributed by atoms with E-state index in [1.54, 1.807) is 24.3 Å². The lowest BCUT2D eigenvalue weighted by Gasteiger charge is -2.29. The molecule has 0 bridgehead atoms. The number of ether oxygens (including phenoxy) is 1. The van der Waals surface area contributed by atoms with Crippen LogP contribution in [0.15, 0.2) is 76.8 Å². The maximum atomic E-state index is 13.3. The van der Waals surface area contributed by atoms with E-state index in [-0.39, 0.29) is 10.7 Å². The zero-order chi connectivity index (χ0) is 23.5. The molecule has 7 heteroatoms. The second kappa shape index (κ2) is 9.68. The molecule has 1 heterocycles. The molecule has 0 spiro atoms. The van der Waals surface area contributed by atoms with Crippen LogP contribution in [-0.2, 0) is 16.2 Å². The number of hydrogen-bond acceptors (Lipinski definition) is 4. The van der Waals surface area contributed by atoms with Gasteiger partial charge in [-0.1, -0.05) is 63.5 Å². The zero-order valence-electron chi connectivity index (χ0n) is 18.1. The minimum absolute atomic E-state index is 0.0261. The van der Waals surface area contributed by atoms with Gasteiger partial charge in [-0.2, -0.15) is 0 Å².